The molecular weight excluding hydrogens is 486 g/mol. The van der Waals surface area contributed by atoms with Gasteiger partial charge in [0.25, 0.3) is 0 Å². The minimum Gasteiger partial charge on any atom is -0.455 e. The Hall–Kier alpha value is -5.34. The zero-order chi connectivity index (χ0) is 26.5. The van der Waals surface area contributed by atoms with Gasteiger partial charge in [-0.25, -0.2) is 0 Å². The molecule has 0 amide bonds. The Bertz CT molecular complexity index is 2160. The number of para-hydroxylation sites is 1. The van der Waals surface area contributed by atoms with Gasteiger partial charge in [-0.2, -0.15) is 0 Å². The highest BCUT2D eigenvalue weighted by atomic mass is 16.3. The van der Waals surface area contributed by atoms with Gasteiger partial charge in [0.15, 0.2) is 0 Å². The largest absolute Gasteiger partial charge is 0.455 e. The first-order valence-electron chi connectivity index (χ1n) is 13.6. The van der Waals surface area contributed by atoms with Crippen molar-refractivity contribution < 1.29 is 4.42 Å². The predicted molar refractivity (Wildman–Crippen MR) is 169 cm³/mol. The van der Waals surface area contributed by atoms with Crippen LogP contribution in [-0.2, 0) is 0 Å². The van der Waals surface area contributed by atoms with E-state index in [-0.39, 0.29) is 0 Å². The van der Waals surface area contributed by atoms with Crippen LogP contribution in [-0.4, -0.2) is 0 Å². The highest BCUT2D eigenvalue weighted by Gasteiger charge is 2.16. The van der Waals surface area contributed by atoms with Crippen LogP contribution < -0.4 is 4.90 Å². The maximum atomic E-state index is 6.43. The smallest absolute Gasteiger partial charge is 0.143 e. The lowest BCUT2D eigenvalue weighted by atomic mass is 9.98. The zero-order valence-corrected chi connectivity index (χ0v) is 21.8. The number of fused-ring (bicyclic) bond motifs is 6. The molecule has 0 unspecified atom stereocenters. The molecule has 2 nitrogen and oxygen atoms in total. The van der Waals surface area contributed by atoms with E-state index in [1.165, 1.54) is 21.7 Å². The molecule has 8 aromatic rings. The normalized spacial score (nSPS) is 11.5. The van der Waals surface area contributed by atoms with E-state index < -0.39 is 0 Å². The summed E-state index contributed by atoms with van der Waals surface area (Å²) in [6.07, 6.45) is 0. The van der Waals surface area contributed by atoms with Crippen molar-refractivity contribution in [1.29, 1.82) is 0 Å². The van der Waals surface area contributed by atoms with Crippen LogP contribution in [0.2, 0.25) is 0 Å². The molecule has 1 heterocycles. The van der Waals surface area contributed by atoms with Gasteiger partial charge in [-0.15, -0.1) is 0 Å². The molecule has 0 aliphatic heterocycles. The van der Waals surface area contributed by atoms with Crippen molar-refractivity contribution in [2.45, 2.75) is 0 Å². The highest BCUT2D eigenvalue weighted by Crippen LogP contribution is 2.41. The van der Waals surface area contributed by atoms with E-state index in [4.69, 9.17) is 4.42 Å². The Morgan fingerprint density at radius 3 is 1.95 bits per heavy atom. The summed E-state index contributed by atoms with van der Waals surface area (Å²) >= 11 is 0. The zero-order valence-electron chi connectivity index (χ0n) is 21.8. The van der Waals surface area contributed by atoms with Crippen molar-refractivity contribution in [2.24, 2.45) is 0 Å². The lowest BCUT2D eigenvalue weighted by Gasteiger charge is -2.26. The Balaban J connectivity index is 1.27. The van der Waals surface area contributed by atoms with Gasteiger partial charge in [-0.05, 0) is 75.8 Å². The van der Waals surface area contributed by atoms with E-state index in [0.29, 0.717) is 0 Å². The van der Waals surface area contributed by atoms with Gasteiger partial charge in [0.2, 0.25) is 0 Å². The van der Waals surface area contributed by atoms with Crippen molar-refractivity contribution in [3.63, 3.8) is 0 Å². The van der Waals surface area contributed by atoms with E-state index in [2.05, 4.69) is 157 Å². The second kappa shape index (κ2) is 9.14. The molecule has 0 spiro atoms. The lowest BCUT2D eigenvalue weighted by molar-refractivity contribution is 0.673. The van der Waals surface area contributed by atoms with Crippen LogP contribution in [0.15, 0.2) is 156 Å². The summed E-state index contributed by atoms with van der Waals surface area (Å²) in [5.41, 5.74) is 7.57. The summed E-state index contributed by atoms with van der Waals surface area (Å²) in [6.45, 7) is 0. The van der Waals surface area contributed by atoms with E-state index in [1.807, 2.05) is 0 Å². The number of nitrogens with zero attached hydrogens (tertiary/aromatic N) is 1. The number of benzene rings is 7. The summed E-state index contributed by atoms with van der Waals surface area (Å²) in [5, 5.41) is 7.10. The van der Waals surface area contributed by atoms with E-state index >= 15 is 0 Å². The van der Waals surface area contributed by atoms with Crippen LogP contribution >= 0.6 is 0 Å². The second-order valence-corrected chi connectivity index (χ2v) is 10.2. The molecule has 0 saturated heterocycles. The van der Waals surface area contributed by atoms with Crippen molar-refractivity contribution >= 4 is 60.5 Å². The molecule has 0 aliphatic carbocycles. The van der Waals surface area contributed by atoms with Crippen molar-refractivity contribution in [1.82, 2.24) is 0 Å². The Labute approximate surface area is 232 Å². The molecule has 0 atom stereocenters. The van der Waals surface area contributed by atoms with Crippen LogP contribution in [0, 0.1) is 0 Å². The maximum Gasteiger partial charge on any atom is 0.143 e. The number of hydrogen-bond acceptors (Lipinski definition) is 2. The minimum atomic E-state index is 0.912. The lowest BCUT2D eigenvalue weighted by Crippen LogP contribution is -2.09. The fraction of sp³-hybridized carbons (Fsp3) is 0. The second-order valence-electron chi connectivity index (χ2n) is 10.2. The fourth-order valence-electron chi connectivity index (χ4n) is 5.92. The van der Waals surface area contributed by atoms with Gasteiger partial charge in [0.05, 0.1) is 0 Å². The van der Waals surface area contributed by atoms with Gasteiger partial charge in [0.1, 0.15) is 11.2 Å². The Kier molecular flexibility index (Phi) is 5.17. The monoisotopic (exact) mass is 511 g/mol. The number of rotatable bonds is 4. The summed E-state index contributed by atoms with van der Waals surface area (Å²) in [5.74, 6) is 0. The molecule has 8 rings (SSSR count). The highest BCUT2D eigenvalue weighted by molar-refractivity contribution is 6.19. The molecule has 0 bridgehead atoms. The third-order valence-corrected chi connectivity index (χ3v) is 7.83. The van der Waals surface area contributed by atoms with Gasteiger partial charge in [-0.1, -0.05) is 103 Å². The summed E-state index contributed by atoms with van der Waals surface area (Å²) in [7, 11) is 0. The number of hydrogen-bond donors (Lipinski definition) is 0. The van der Waals surface area contributed by atoms with Crippen LogP contribution in [0.25, 0.3) is 54.6 Å². The van der Waals surface area contributed by atoms with Crippen LogP contribution in [0.1, 0.15) is 0 Å². The standard InChI is InChI=1S/C38H25NO/c1-2-12-30(13-3-1)39(32-23-17-26-9-4-5-11-29(26)25-32)31-21-18-28(19-22-31)33-15-8-16-36-37(33)35-24-20-27-10-6-7-14-34(27)38(35)40-36/h1-25H. The van der Waals surface area contributed by atoms with Gasteiger partial charge >= 0.3 is 0 Å². The van der Waals surface area contributed by atoms with Crippen LogP contribution in [0.5, 0.6) is 0 Å². The molecule has 0 aliphatic rings. The first kappa shape index (κ1) is 22.6. The van der Waals surface area contributed by atoms with Crippen molar-refractivity contribution in [3.8, 4) is 11.1 Å². The molecular formula is C38H25NO. The Morgan fingerprint density at radius 2 is 1.10 bits per heavy atom. The maximum absolute atomic E-state index is 6.43. The molecule has 188 valence electrons. The molecule has 0 radical (unpaired) electrons. The average Bonchev–Trinajstić information content (AvgIpc) is 3.42. The first-order chi connectivity index (χ1) is 19.8. The summed E-state index contributed by atoms with van der Waals surface area (Å²) in [6, 6.07) is 53.7. The predicted octanol–water partition coefficient (Wildman–Crippen LogP) is 11.0. The van der Waals surface area contributed by atoms with Crippen molar-refractivity contribution in [2.75, 3.05) is 4.90 Å². The number of anilines is 3. The summed E-state index contributed by atoms with van der Waals surface area (Å²) < 4.78 is 6.43. The van der Waals surface area contributed by atoms with Crippen LogP contribution in [0.4, 0.5) is 17.1 Å². The molecule has 0 N–H and O–H groups in total. The van der Waals surface area contributed by atoms with E-state index in [1.54, 1.807) is 0 Å². The third-order valence-electron chi connectivity index (χ3n) is 7.83. The molecule has 0 fully saturated rings. The fourth-order valence-corrected chi connectivity index (χ4v) is 5.92. The molecule has 2 heteroatoms. The Morgan fingerprint density at radius 1 is 0.425 bits per heavy atom. The van der Waals surface area contributed by atoms with Gasteiger partial charge in [0, 0.05) is 33.2 Å². The number of furan rings is 1. The van der Waals surface area contributed by atoms with E-state index in [0.717, 1.165) is 50.0 Å². The van der Waals surface area contributed by atoms with Gasteiger partial charge < -0.3 is 9.32 Å². The molecule has 0 saturated carbocycles. The van der Waals surface area contributed by atoms with Crippen molar-refractivity contribution in [3.05, 3.63) is 152 Å². The SMILES string of the molecule is c1ccc(N(c2ccc(-c3cccc4oc5c6ccccc6ccc5c34)cc2)c2ccc3ccccc3c2)cc1. The topological polar surface area (TPSA) is 16.4 Å². The van der Waals surface area contributed by atoms with Gasteiger partial charge in [-0.3, -0.25) is 0 Å². The molecule has 1 aromatic heterocycles. The average molecular weight is 512 g/mol. The van der Waals surface area contributed by atoms with Crippen LogP contribution in [0.3, 0.4) is 0 Å². The summed E-state index contributed by atoms with van der Waals surface area (Å²) in [4.78, 5) is 2.32. The first-order valence-corrected chi connectivity index (χ1v) is 13.6. The third kappa shape index (κ3) is 3.65. The quantitative estimate of drug-likeness (QED) is 0.234. The van der Waals surface area contributed by atoms with E-state index in [9.17, 15) is 0 Å². The molecule has 7 aromatic carbocycles. The minimum absolute atomic E-state index is 0.912. The molecule has 40 heavy (non-hydrogen) atoms.